The van der Waals surface area contributed by atoms with Crippen LogP contribution < -0.4 is 9.47 Å². The summed E-state index contributed by atoms with van der Waals surface area (Å²) in [6, 6.07) is 5.53. The maximum absolute atomic E-state index is 12.7. The SMILES string of the molecule is CCCOc1ccc(C(=O)N2CCOCC2C)cc1OCCC. The van der Waals surface area contributed by atoms with Crippen molar-refractivity contribution in [2.75, 3.05) is 33.0 Å². The van der Waals surface area contributed by atoms with Crippen LogP contribution in [0.1, 0.15) is 44.0 Å². The zero-order valence-electron chi connectivity index (χ0n) is 14.3. The van der Waals surface area contributed by atoms with Crippen LogP contribution in [0.3, 0.4) is 0 Å². The Morgan fingerprint density at radius 1 is 1.22 bits per heavy atom. The predicted octanol–water partition coefficient (Wildman–Crippen LogP) is 3.13. The lowest BCUT2D eigenvalue weighted by molar-refractivity contribution is 0.00357. The van der Waals surface area contributed by atoms with Crippen LogP contribution in [-0.2, 0) is 4.74 Å². The Bertz CT molecular complexity index is 518. The van der Waals surface area contributed by atoms with Crippen LogP contribution in [0.4, 0.5) is 0 Å². The molecule has 1 amide bonds. The quantitative estimate of drug-likeness (QED) is 0.774. The fourth-order valence-corrected chi connectivity index (χ4v) is 2.49. The Hall–Kier alpha value is -1.75. The van der Waals surface area contributed by atoms with Gasteiger partial charge in [0.2, 0.25) is 0 Å². The van der Waals surface area contributed by atoms with E-state index in [1.54, 1.807) is 6.07 Å². The molecule has 0 aliphatic carbocycles. The topological polar surface area (TPSA) is 48.0 Å². The fourth-order valence-electron chi connectivity index (χ4n) is 2.49. The molecular weight excluding hydrogens is 294 g/mol. The van der Waals surface area contributed by atoms with Gasteiger partial charge in [-0.1, -0.05) is 13.8 Å². The number of rotatable bonds is 7. The second-order valence-electron chi connectivity index (χ2n) is 5.78. The number of hydrogen-bond acceptors (Lipinski definition) is 4. The van der Waals surface area contributed by atoms with Gasteiger partial charge in [-0.05, 0) is 38.0 Å². The Labute approximate surface area is 138 Å². The molecule has 0 radical (unpaired) electrons. The molecule has 1 unspecified atom stereocenters. The van der Waals surface area contributed by atoms with Crippen molar-refractivity contribution in [1.82, 2.24) is 4.90 Å². The van der Waals surface area contributed by atoms with E-state index in [-0.39, 0.29) is 11.9 Å². The molecule has 1 aliphatic rings. The first-order valence-corrected chi connectivity index (χ1v) is 8.45. The molecule has 0 saturated carbocycles. The van der Waals surface area contributed by atoms with Crippen LogP contribution in [0, 0.1) is 0 Å². The second-order valence-corrected chi connectivity index (χ2v) is 5.78. The van der Waals surface area contributed by atoms with E-state index in [0.717, 1.165) is 12.8 Å². The molecule has 128 valence electrons. The normalized spacial score (nSPS) is 17.9. The maximum Gasteiger partial charge on any atom is 0.254 e. The number of carbonyl (C=O) groups is 1. The van der Waals surface area contributed by atoms with Crippen molar-refractivity contribution in [2.45, 2.75) is 39.7 Å². The minimum absolute atomic E-state index is 0.0178. The van der Waals surface area contributed by atoms with Gasteiger partial charge in [0.15, 0.2) is 11.5 Å². The number of hydrogen-bond donors (Lipinski definition) is 0. The summed E-state index contributed by atoms with van der Waals surface area (Å²) in [5.74, 6) is 1.36. The predicted molar refractivity (Wildman–Crippen MR) is 89.3 cm³/mol. The van der Waals surface area contributed by atoms with Gasteiger partial charge in [0.05, 0.1) is 32.5 Å². The molecule has 0 spiro atoms. The van der Waals surface area contributed by atoms with Crippen LogP contribution in [0.5, 0.6) is 11.5 Å². The van der Waals surface area contributed by atoms with Crippen molar-refractivity contribution in [1.29, 1.82) is 0 Å². The smallest absolute Gasteiger partial charge is 0.254 e. The highest BCUT2D eigenvalue weighted by Crippen LogP contribution is 2.29. The zero-order chi connectivity index (χ0) is 16.7. The van der Waals surface area contributed by atoms with Gasteiger partial charge < -0.3 is 19.1 Å². The van der Waals surface area contributed by atoms with Gasteiger partial charge in [0, 0.05) is 12.1 Å². The van der Waals surface area contributed by atoms with Crippen molar-refractivity contribution in [2.24, 2.45) is 0 Å². The second kappa shape index (κ2) is 8.77. The highest BCUT2D eigenvalue weighted by Gasteiger charge is 2.25. The molecule has 1 saturated heterocycles. The van der Waals surface area contributed by atoms with Gasteiger partial charge in [0.1, 0.15) is 0 Å². The average Bonchev–Trinajstić information content (AvgIpc) is 2.58. The number of nitrogens with zero attached hydrogens (tertiary/aromatic N) is 1. The van der Waals surface area contributed by atoms with Gasteiger partial charge >= 0.3 is 0 Å². The molecule has 0 N–H and O–H groups in total. The van der Waals surface area contributed by atoms with E-state index >= 15 is 0 Å². The van der Waals surface area contributed by atoms with Crippen LogP contribution >= 0.6 is 0 Å². The zero-order valence-corrected chi connectivity index (χ0v) is 14.3. The van der Waals surface area contributed by atoms with Gasteiger partial charge in [-0.25, -0.2) is 0 Å². The summed E-state index contributed by atoms with van der Waals surface area (Å²) >= 11 is 0. The lowest BCUT2D eigenvalue weighted by Gasteiger charge is -2.33. The molecule has 5 nitrogen and oxygen atoms in total. The Morgan fingerprint density at radius 2 is 1.91 bits per heavy atom. The third kappa shape index (κ3) is 4.61. The van der Waals surface area contributed by atoms with E-state index in [0.29, 0.717) is 50.0 Å². The molecule has 5 heteroatoms. The number of ether oxygens (including phenoxy) is 3. The Morgan fingerprint density at radius 3 is 2.57 bits per heavy atom. The van der Waals surface area contributed by atoms with Crippen molar-refractivity contribution in [3.05, 3.63) is 23.8 Å². The molecule has 1 aromatic carbocycles. The summed E-state index contributed by atoms with van der Waals surface area (Å²) in [4.78, 5) is 14.6. The number of amides is 1. The largest absolute Gasteiger partial charge is 0.490 e. The van der Waals surface area contributed by atoms with Crippen LogP contribution in [0.25, 0.3) is 0 Å². The molecule has 0 bridgehead atoms. The third-order valence-electron chi connectivity index (χ3n) is 3.74. The molecule has 1 heterocycles. The average molecular weight is 321 g/mol. The van der Waals surface area contributed by atoms with E-state index < -0.39 is 0 Å². The van der Waals surface area contributed by atoms with E-state index in [9.17, 15) is 4.79 Å². The Balaban J connectivity index is 2.19. The van der Waals surface area contributed by atoms with Crippen molar-refractivity contribution >= 4 is 5.91 Å². The lowest BCUT2D eigenvalue weighted by atomic mass is 10.1. The molecule has 23 heavy (non-hydrogen) atoms. The van der Waals surface area contributed by atoms with Gasteiger partial charge in [0.25, 0.3) is 5.91 Å². The van der Waals surface area contributed by atoms with E-state index in [4.69, 9.17) is 14.2 Å². The number of carbonyl (C=O) groups excluding carboxylic acids is 1. The first-order valence-electron chi connectivity index (χ1n) is 8.45. The fraction of sp³-hybridized carbons (Fsp3) is 0.611. The van der Waals surface area contributed by atoms with Crippen molar-refractivity contribution < 1.29 is 19.0 Å². The summed E-state index contributed by atoms with van der Waals surface area (Å²) in [5.41, 5.74) is 0.633. The number of morpholine rings is 1. The minimum Gasteiger partial charge on any atom is -0.490 e. The van der Waals surface area contributed by atoms with Crippen LogP contribution in [0.15, 0.2) is 18.2 Å². The van der Waals surface area contributed by atoms with Gasteiger partial charge in [-0.2, -0.15) is 0 Å². The van der Waals surface area contributed by atoms with Crippen LogP contribution in [0.2, 0.25) is 0 Å². The molecule has 2 rings (SSSR count). The Kier molecular flexibility index (Phi) is 6.71. The first kappa shape index (κ1) is 17.6. The lowest BCUT2D eigenvalue weighted by Crippen LogP contribution is -2.47. The molecule has 0 aromatic heterocycles. The minimum atomic E-state index is 0.0178. The van der Waals surface area contributed by atoms with Crippen LogP contribution in [-0.4, -0.2) is 49.8 Å². The third-order valence-corrected chi connectivity index (χ3v) is 3.74. The van der Waals surface area contributed by atoms with Gasteiger partial charge in [-0.3, -0.25) is 4.79 Å². The van der Waals surface area contributed by atoms with E-state index in [1.165, 1.54) is 0 Å². The van der Waals surface area contributed by atoms with Gasteiger partial charge in [-0.15, -0.1) is 0 Å². The summed E-state index contributed by atoms with van der Waals surface area (Å²) in [5, 5.41) is 0. The molecule has 1 aliphatic heterocycles. The monoisotopic (exact) mass is 321 g/mol. The van der Waals surface area contributed by atoms with E-state index in [1.807, 2.05) is 24.0 Å². The maximum atomic E-state index is 12.7. The number of benzene rings is 1. The highest BCUT2D eigenvalue weighted by molar-refractivity contribution is 5.95. The first-order chi connectivity index (χ1) is 11.2. The van der Waals surface area contributed by atoms with Crippen molar-refractivity contribution in [3.63, 3.8) is 0 Å². The van der Waals surface area contributed by atoms with Crippen molar-refractivity contribution in [3.8, 4) is 11.5 Å². The van der Waals surface area contributed by atoms with E-state index in [2.05, 4.69) is 13.8 Å². The summed E-state index contributed by atoms with van der Waals surface area (Å²) < 4.78 is 16.9. The molecule has 1 aromatic rings. The molecule has 1 fully saturated rings. The highest BCUT2D eigenvalue weighted by atomic mass is 16.5. The summed E-state index contributed by atoms with van der Waals surface area (Å²) in [6.07, 6.45) is 1.84. The molecular formula is C18H27NO4. The standard InChI is InChI=1S/C18H27NO4/c1-4-9-22-16-7-6-15(12-17(16)23-10-5-2)18(20)19-8-11-21-13-14(19)3/h6-7,12,14H,4-5,8-11,13H2,1-3H3. The summed E-state index contributed by atoms with van der Waals surface area (Å²) in [7, 11) is 0. The summed E-state index contributed by atoms with van der Waals surface area (Å²) in [6.45, 7) is 9.16. The molecule has 1 atom stereocenters.